The molecule has 0 spiro atoms. The summed E-state index contributed by atoms with van der Waals surface area (Å²) in [6.45, 7) is 0. The first-order valence-electron chi connectivity index (χ1n) is 18.0. The van der Waals surface area contributed by atoms with Gasteiger partial charge in [0.15, 0.2) is 5.75 Å². The molecule has 1 unspecified atom stereocenters. The van der Waals surface area contributed by atoms with Crippen LogP contribution >= 0.6 is 0 Å². The van der Waals surface area contributed by atoms with Crippen LogP contribution in [0, 0.1) is 0 Å². The number of benzene rings is 8. The van der Waals surface area contributed by atoms with Crippen molar-refractivity contribution in [3.63, 3.8) is 0 Å². The summed E-state index contributed by atoms with van der Waals surface area (Å²) in [4.78, 5) is 18.0. The molecule has 0 bridgehead atoms. The molecular formula is C46H36FeN6O6. The van der Waals surface area contributed by atoms with Crippen LogP contribution in [0.1, 0.15) is 27.6 Å². The fourth-order valence-corrected chi connectivity index (χ4v) is 6.22. The number of fused-ring (bicyclic) bond motifs is 2. The van der Waals surface area contributed by atoms with E-state index >= 15 is 0 Å². The molecule has 0 heterocycles. The van der Waals surface area contributed by atoms with Crippen LogP contribution in [0.4, 0.5) is 28.4 Å². The number of phenolic OH excluding ortho intramolecular Hbond substituents is 4. The Morgan fingerprint density at radius 3 is 1.54 bits per heavy atom. The quantitative estimate of drug-likeness (QED) is 0.0473. The number of hydrogen-bond donors (Lipinski definition) is 6. The second kappa shape index (κ2) is 19.2. The third-order valence-corrected chi connectivity index (χ3v) is 9.10. The molecule has 8 aromatic rings. The van der Waals surface area contributed by atoms with Crippen LogP contribution in [0.3, 0.4) is 0 Å². The molecule has 294 valence electrons. The SMILES string of the molecule is NOC(c1ccccc1)c1cc2ccccc2c(N=Nc2ccccc2O)c1O.O=C(Nc1ccccc1)c1cc2ccccc2c(N=Nc2ccccc2O)c1O.[Fe]. The first kappa shape index (κ1) is 41.2. The van der Waals surface area contributed by atoms with E-state index in [1.165, 1.54) is 12.1 Å². The third-order valence-electron chi connectivity index (χ3n) is 9.10. The summed E-state index contributed by atoms with van der Waals surface area (Å²) in [7, 11) is 0. The van der Waals surface area contributed by atoms with E-state index in [2.05, 4.69) is 25.8 Å². The summed E-state index contributed by atoms with van der Waals surface area (Å²) in [6, 6.07) is 49.7. The Labute approximate surface area is 349 Å². The second-order valence-corrected chi connectivity index (χ2v) is 12.9. The van der Waals surface area contributed by atoms with Gasteiger partial charge in [-0.05, 0) is 64.9 Å². The Morgan fingerprint density at radius 2 is 1.00 bits per heavy atom. The topological polar surface area (TPSA) is 195 Å². The molecule has 13 heteroatoms. The number of anilines is 1. The van der Waals surface area contributed by atoms with E-state index in [9.17, 15) is 25.2 Å². The van der Waals surface area contributed by atoms with Crippen molar-refractivity contribution in [1.29, 1.82) is 0 Å². The maximum absolute atomic E-state index is 12.8. The monoisotopic (exact) mass is 824 g/mol. The fourth-order valence-electron chi connectivity index (χ4n) is 6.22. The minimum absolute atomic E-state index is 0. The number of phenols is 4. The molecule has 0 aliphatic carbocycles. The van der Waals surface area contributed by atoms with Crippen molar-refractivity contribution < 1.29 is 47.1 Å². The van der Waals surface area contributed by atoms with Crippen LogP contribution in [0.25, 0.3) is 21.5 Å². The van der Waals surface area contributed by atoms with Gasteiger partial charge in [0.25, 0.3) is 5.91 Å². The summed E-state index contributed by atoms with van der Waals surface area (Å²) in [5.74, 6) is 4.74. The van der Waals surface area contributed by atoms with Crippen molar-refractivity contribution in [3.8, 4) is 23.0 Å². The summed E-state index contributed by atoms with van der Waals surface area (Å²) in [6.07, 6.45) is -0.681. The van der Waals surface area contributed by atoms with Gasteiger partial charge in [-0.15, -0.1) is 20.5 Å². The van der Waals surface area contributed by atoms with Crippen molar-refractivity contribution in [1.82, 2.24) is 0 Å². The van der Waals surface area contributed by atoms with Gasteiger partial charge in [-0.1, -0.05) is 121 Å². The number of rotatable bonds is 9. The minimum atomic E-state index is -0.681. The average Bonchev–Trinajstić information content (AvgIpc) is 3.25. The Balaban J connectivity index is 0.000000195. The number of nitrogens with two attached hydrogens (primary N) is 1. The van der Waals surface area contributed by atoms with E-state index in [-0.39, 0.29) is 62.7 Å². The molecule has 8 aromatic carbocycles. The van der Waals surface area contributed by atoms with Gasteiger partial charge >= 0.3 is 0 Å². The maximum Gasteiger partial charge on any atom is 0.259 e. The fraction of sp³-hybridized carbons (Fsp3) is 0.0217. The molecule has 1 atom stereocenters. The number of hydrogen-bond acceptors (Lipinski definition) is 11. The number of carbonyl (C=O) groups is 1. The smallest absolute Gasteiger partial charge is 0.259 e. The van der Waals surface area contributed by atoms with Crippen molar-refractivity contribution in [2.24, 2.45) is 26.4 Å². The van der Waals surface area contributed by atoms with E-state index in [0.29, 0.717) is 22.3 Å². The van der Waals surface area contributed by atoms with Gasteiger partial charge in [-0.3, -0.25) is 9.63 Å². The summed E-state index contributed by atoms with van der Waals surface area (Å²) < 4.78 is 0. The third kappa shape index (κ3) is 9.42. The molecule has 0 saturated heterocycles. The maximum atomic E-state index is 12.8. The van der Waals surface area contributed by atoms with Gasteiger partial charge in [-0.2, -0.15) is 0 Å². The molecule has 0 aliphatic heterocycles. The molecule has 7 N–H and O–H groups in total. The van der Waals surface area contributed by atoms with E-state index in [0.717, 1.165) is 21.7 Å². The van der Waals surface area contributed by atoms with Crippen molar-refractivity contribution in [3.05, 3.63) is 187 Å². The Morgan fingerprint density at radius 1 is 0.542 bits per heavy atom. The predicted molar refractivity (Wildman–Crippen MR) is 224 cm³/mol. The van der Waals surface area contributed by atoms with Crippen LogP contribution in [-0.2, 0) is 21.9 Å². The molecular weight excluding hydrogens is 788 g/mol. The zero-order chi connectivity index (χ0) is 40.4. The van der Waals surface area contributed by atoms with Crippen molar-refractivity contribution in [2.45, 2.75) is 6.10 Å². The number of nitrogens with zero attached hydrogens (tertiary/aromatic N) is 4. The Kier molecular flexibility index (Phi) is 13.4. The number of azo groups is 2. The standard InChI is InChI=1S/C23H17N3O3.C23H19N3O3.Fe/c27-20-13-7-6-12-19(20)25-26-21-17-11-5-4-8-15(17)14-18(22(21)28)23(29)24-16-9-2-1-3-10-16;24-29-23(15-8-2-1-3-9-15)18-14-16-10-4-5-11-17(16)21(22(18)28)26-25-19-12-6-7-13-20(19)27;/h1-14,27-28H,(H,24,29);1-14,23,27-28H,24H2;. The zero-order valence-electron chi connectivity index (χ0n) is 31.1. The normalized spacial score (nSPS) is 11.5. The van der Waals surface area contributed by atoms with Crippen molar-refractivity contribution in [2.75, 3.05) is 5.32 Å². The largest absolute Gasteiger partial charge is 0.506 e. The second-order valence-electron chi connectivity index (χ2n) is 12.9. The van der Waals surface area contributed by atoms with Crippen LogP contribution in [0.15, 0.2) is 190 Å². The average molecular weight is 825 g/mol. The number of carbonyl (C=O) groups excluding carboxylic acids is 1. The predicted octanol–water partition coefficient (Wildman–Crippen LogP) is 11.6. The molecule has 0 radical (unpaired) electrons. The van der Waals surface area contributed by atoms with Crippen LogP contribution < -0.4 is 11.2 Å². The van der Waals surface area contributed by atoms with Gasteiger partial charge in [0.05, 0.1) is 5.56 Å². The molecule has 0 fully saturated rings. The van der Waals surface area contributed by atoms with E-state index in [1.807, 2.05) is 97.1 Å². The van der Waals surface area contributed by atoms with Crippen LogP contribution in [0.2, 0.25) is 0 Å². The molecule has 59 heavy (non-hydrogen) atoms. The summed E-state index contributed by atoms with van der Waals surface area (Å²) in [5.41, 5.74) is 2.96. The number of nitrogens with one attached hydrogen (secondary N) is 1. The van der Waals surface area contributed by atoms with Gasteiger partial charge in [0.1, 0.15) is 46.1 Å². The molecule has 12 nitrogen and oxygen atoms in total. The first-order chi connectivity index (χ1) is 28.3. The summed E-state index contributed by atoms with van der Waals surface area (Å²) >= 11 is 0. The van der Waals surface area contributed by atoms with Gasteiger partial charge < -0.3 is 25.7 Å². The number of para-hydroxylation sites is 3. The van der Waals surface area contributed by atoms with Crippen molar-refractivity contribution >= 4 is 55.9 Å². The number of aromatic hydroxyl groups is 4. The first-order valence-corrected chi connectivity index (χ1v) is 18.0. The van der Waals surface area contributed by atoms with Gasteiger partial charge in [0.2, 0.25) is 0 Å². The molecule has 0 aromatic heterocycles. The molecule has 8 rings (SSSR count). The molecule has 0 saturated carbocycles. The van der Waals surface area contributed by atoms with E-state index in [4.69, 9.17) is 10.7 Å². The van der Waals surface area contributed by atoms with E-state index < -0.39 is 12.0 Å². The number of amides is 1. The zero-order valence-corrected chi connectivity index (χ0v) is 32.2. The molecule has 1 amide bonds. The minimum Gasteiger partial charge on any atom is -0.506 e. The summed E-state index contributed by atoms with van der Waals surface area (Å²) in [5, 5.41) is 64.0. The van der Waals surface area contributed by atoms with Crippen LogP contribution in [-0.4, -0.2) is 26.3 Å². The Hall–Kier alpha value is -7.41. The van der Waals surface area contributed by atoms with Gasteiger partial charge in [-0.25, -0.2) is 5.90 Å². The van der Waals surface area contributed by atoms with E-state index in [1.54, 1.807) is 60.7 Å². The Bertz CT molecular complexity index is 2790. The van der Waals surface area contributed by atoms with Gasteiger partial charge in [0, 0.05) is 39.1 Å². The molecule has 0 aliphatic rings. The van der Waals surface area contributed by atoms with Crippen LogP contribution in [0.5, 0.6) is 23.0 Å².